The monoisotopic (exact) mass is 424 g/mol. The highest BCUT2D eigenvalue weighted by atomic mass is 19.1. The van der Waals surface area contributed by atoms with Gasteiger partial charge in [0.05, 0.1) is 0 Å². The van der Waals surface area contributed by atoms with Gasteiger partial charge < -0.3 is 20.1 Å². The number of aromatic nitrogens is 2. The molecule has 0 saturated carbocycles. The minimum Gasteiger partial charge on any atom is -0.454 e. The summed E-state index contributed by atoms with van der Waals surface area (Å²) in [6, 6.07) is 11.2. The molecule has 2 heterocycles. The van der Waals surface area contributed by atoms with Gasteiger partial charge in [-0.1, -0.05) is 6.07 Å². The van der Waals surface area contributed by atoms with E-state index in [1.165, 1.54) is 16.7 Å². The molecule has 2 aromatic carbocycles. The van der Waals surface area contributed by atoms with Crippen LogP contribution in [0.2, 0.25) is 0 Å². The molecule has 9 heteroatoms. The number of carbonyl (C=O) groups is 1. The summed E-state index contributed by atoms with van der Waals surface area (Å²) in [7, 11) is 0. The number of ether oxygens (including phenoxy) is 2. The number of nitrogens with zero attached hydrogens (tertiary/aromatic N) is 2. The predicted molar refractivity (Wildman–Crippen MR) is 112 cm³/mol. The van der Waals surface area contributed by atoms with Gasteiger partial charge in [0, 0.05) is 24.0 Å². The Hall–Kier alpha value is -3.88. The molecule has 1 aromatic heterocycles. The van der Waals surface area contributed by atoms with Crippen molar-refractivity contribution in [3.05, 3.63) is 75.5 Å². The van der Waals surface area contributed by atoms with E-state index in [1.54, 1.807) is 38.1 Å². The van der Waals surface area contributed by atoms with E-state index in [1.807, 2.05) is 6.07 Å². The molecule has 2 N–H and O–H groups in total. The summed E-state index contributed by atoms with van der Waals surface area (Å²) in [4.78, 5) is 29.4. The molecular formula is C22H21FN4O4. The maximum atomic E-state index is 13.5. The fourth-order valence-corrected chi connectivity index (χ4v) is 3.17. The molecule has 1 amide bonds. The number of aryl methyl sites for hydroxylation is 2. The number of fused-ring (bicyclic) bond motifs is 1. The van der Waals surface area contributed by atoms with Crippen LogP contribution in [0.5, 0.6) is 11.5 Å². The molecule has 0 spiro atoms. The summed E-state index contributed by atoms with van der Waals surface area (Å²) in [6.07, 6.45) is 0. The maximum absolute atomic E-state index is 13.5. The fourth-order valence-electron chi connectivity index (χ4n) is 3.17. The molecule has 0 fully saturated rings. The second-order valence-corrected chi connectivity index (χ2v) is 7.20. The summed E-state index contributed by atoms with van der Waals surface area (Å²) in [5.41, 5.74) is 1.99. The first kappa shape index (κ1) is 20.4. The number of anilines is 2. The van der Waals surface area contributed by atoms with E-state index in [0.29, 0.717) is 28.4 Å². The third kappa shape index (κ3) is 4.66. The lowest BCUT2D eigenvalue weighted by molar-refractivity contribution is -0.121. The second-order valence-electron chi connectivity index (χ2n) is 7.20. The van der Waals surface area contributed by atoms with Gasteiger partial charge in [-0.3, -0.25) is 14.2 Å². The average molecular weight is 424 g/mol. The molecule has 0 atom stereocenters. The van der Waals surface area contributed by atoms with Crippen LogP contribution in [0.3, 0.4) is 0 Å². The zero-order chi connectivity index (χ0) is 22.0. The lowest BCUT2D eigenvalue weighted by atomic mass is 10.2. The minimum atomic E-state index is -0.368. The number of hydrogen-bond donors (Lipinski definition) is 2. The topological polar surface area (TPSA) is 94.5 Å². The molecule has 0 bridgehead atoms. The third-order valence-electron chi connectivity index (χ3n) is 4.78. The van der Waals surface area contributed by atoms with Crippen molar-refractivity contribution in [2.45, 2.75) is 26.9 Å². The summed E-state index contributed by atoms with van der Waals surface area (Å²) < 4.78 is 25.4. The van der Waals surface area contributed by atoms with E-state index in [2.05, 4.69) is 15.6 Å². The Bertz CT molecular complexity index is 1210. The molecule has 3 aromatic rings. The van der Waals surface area contributed by atoms with Gasteiger partial charge in [-0.05, 0) is 55.3 Å². The summed E-state index contributed by atoms with van der Waals surface area (Å²) in [6.45, 7) is 3.55. The largest absolute Gasteiger partial charge is 0.454 e. The highest BCUT2D eigenvalue weighted by Crippen LogP contribution is 2.32. The van der Waals surface area contributed by atoms with Crippen LogP contribution in [0.1, 0.15) is 16.8 Å². The zero-order valence-corrected chi connectivity index (χ0v) is 17.1. The first-order valence-electron chi connectivity index (χ1n) is 9.66. The molecule has 0 aliphatic carbocycles. The van der Waals surface area contributed by atoms with E-state index < -0.39 is 0 Å². The number of amides is 1. The van der Waals surface area contributed by atoms with Crippen LogP contribution in [0, 0.1) is 19.7 Å². The number of hydrogen-bond acceptors (Lipinski definition) is 6. The summed E-state index contributed by atoms with van der Waals surface area (Å²) >= 11 is 0. The van der Waals surface area contributed by atoms with E-state index >= 15 is 0 Å². The zero-order valence-electron chi connectivity index (χ0n) is 17.1. The molecule has 0 saturated heterocycles. The quantitative estimate of drug-likeness (QED) is 0.632. The molecule has 8 nitrogen and oxygen atoms in total. The van der Waals surface area contributed by atoms with E-state index in [9.17, 15) is 14.0 Å². The molecule has 0 radical (unpaired) electrons. The molecule has 0 unspecified atom stereocenters. The van der Waals surface area contributed by atoms with Crippen molar-refractivity contribution in [3.63, 3.8) is 0 Å². The smallest absolute Gasteiger partial charge is 0.255 e. The van der Waals surface area contributed by atoms with Gasteiger partial charge in [-0.25, -0.2) is 9.37 Å². The van der Waals surface area contributed by atoms with Crippen LogP contribution < -0.4 is 25.7 Å². The lowest BCUT2D eigenvalue weighted by Crippen LogP contribution is -2.33. The van der Waals surface area contributed by atoms with Gasteiger partial charge >= 0.3 is 0 Å². The van der Waals surface area contributed by atoms with Crippen molar-refractivity contribution < 1.29 is 18.7 Å². The van der Waals surface area contributed by atoms with Crippen molar-refractivity contribution in [1.82, 2.24) is 14.9 Å². The minimum absolute atomic E-state index is 0.178. The SMILES string of the molecule is Cc1cc(=O)n(CC(=O)NCc2ccc3c(c2)OCO3)c(Nc2ccc(F)c(C)c2)n1. The fraction of sp³-hybridized carbons (Fsp3) is 0.227. The van der Waals surface area contributed by atoms with Crippen molar-refractivity contribution in [2.24, 2.45) is 0 Å². The molecule has 1 aliphatic heterocycles. The molecule has 31 heavy (non-hydrogen) atoms. The number of halogens is 1. The van der Waals surface area contributed by atoms with Crippen molar-refractivity contribution in [3.8, 4) is 11.5 Å². The van der Waals surface area contributed by atoms with Crippen LogP contribution in [0.4, 0.5) is 16.0 Å². The Kier molecular flexibility index (Phi) is 5.57. The maximum Gasteiger partial charge on any atom is 0.255 e. The van der Waals surface area contributed by atoms with Gasteiger partial charge in [0.2, 0.25) is 18.6 Å². The summed E-state index contributed by atoms with van der Waals surface area (Å²) in [5.74, 6) is 0.812. The van der Waals surface area contributed by atoms with Crippen LogP contribution >= 0.6 is 0 Å². The van der Waals surface area contributed by atoms with Gasteiger partial charge in [-0.2, -0.15) is 0 Å². The van der Waals surface area contributed by atoms with Crippen LogP contribution in [-0.4, -0.2) is 22.3 Å². The summed E-state index contributed by atoms with van der Waals surface area (Å²) in [5, 5.41) is 5.79. The Morgan fingerprint density at radius 3 is 2.74 bits per heavy atom. The Labute approximate surface area is 177 Å². The van der Waals surface area contributed by atoms with E-state index in [4.69, 9.17) is 9.47 Å². The molecular weight excluding hydrogens is 403 g/mol. The normalized spacial score (nSPS) is 12.0. The average Bonchev–Trinajstić information content (AvgIpc) is 3.19. The lowest BCUT2D eigenvalue weighted by Gasteiger charge is -2.15. The second kappa shape index (κ2) is 8.47. The van der Waals surface area contributed by atoms with Crippen molar-refractivity contribution in [2.75, 3.05) is 12.1 Å². The van der Waals surface area contributed by atoms with Gasteiger partial charge in [-0.15, -0.1) is 0 Å². The van der Waals surface area contributed by atoms with Gasteiger partial charge in [0.15, 0.2) is 11.5 Å². The Morgan fingerprint density at radius 2 is 1.94 bits per heavy atom. The molecule has 160 valence electrons. The Balaban J connectivity index is 1.48. The van der Waals surface area contributed by atoms with Crippen LogP contribution in [0.15, 0.2) is 47.3 Å². The van der Waals surface area contributed by atoms with E-state index in [-0.39, 0.29) is 43.1 Å². The Morgan fingerprint density at radius 1 is 1.13 bits per heavy atom. The molecule has 4 rings (SSSR count). The first-order valence-corrected chi connectivity index (χ1v) is 9.66. The van der Waals surface area contributed by atoms with Gasteiger partial charge in [0.1, 0.15) is 12.4 Å². The van der Waals surface area contributed by atoms with Crippen molar-refractivity contribution in [1.29, 1.82) is 0 Å². The van der Waals surface area contributed by atoms with E-state index in [0.717, 1.165) is 5.56 Å². The third-order valence-corrected chi connectivity index (χ3v) is 4.78. The number of benzene rings is 2. The highest BCUT2D eigenvalue weighted by molar-refractivity contribution is 5.76. The standard InChI is InChI=1S/C22H21FN4O4/c1-13-7-16(4-5-17(13)23)26-22-25-14(2)8-21(29)27(22)11-20(28)24-10-15-3-6-18-19(9-15)31-12-30-18/h3-9H,10-12H2,1-2H3,(H,24,28)(H,25,26). The first-order chi connectivity index (χ1) is 14.9. The number of carbonyl (C=O) groups excluding carboxylic acids is 1. The predicted octanol–water partition coefficient (Wildman–Crippen LogP) is 2.79. The van der Waals surface area contributed by atoms with Crippen molar-refractivity contribution >= 4 is 17.5 Å². The number of rotatable bonds is 6. The number of nitrogens with one attached hydrogen (secondary N) is 2. The van der Waals surface area contributed by atoms with Crippen LogP contribution in [-0.2, 0) is 17.9 Å². The highest BCUT2D eigenvalue weighted by Gasteiger charge is 2.15. The van der Waals surface area contributed by atoms with Gasteiger partial charge in [0.25, 0.3) is 5.56 Å². The molecule has 1 aliphatic rings. The van der Waals surface area contributed by atoms with Crippen LogP contribution in [0.25, 0.3) is 0 Å².